The number of amides is 1. The smallest absolute Gasteiger partial charge is 0.239 e. The Balaban J connectivity index is 2.36. The minimum atomic E-state index is -0.700. The SMILES string of the molecule is CSCC[C@@H](N)C(=O)N1CC(O)(C(C)C)C1. The van der Waals surface area contributed by atoms with Crippen LogP contribution in [0.5, 0.6) is 0 Å². The first-order valence-corrected chi connectivity index (χ1v) is 7.06. The molecule has 0 aliphatic carbocycles. The number of carbonyl (C=O) groups excluding carboxylic acids is 1. The van der Waals surface area contributed by atoms with Gasteiger partial charge in [-0.3, -0.25) is 4.79 Å². The van der Waals surface area contributed by atoms with Crippen LogP contribution in [0.2, 0.25) is 0 Å². The Kier molecular flexibility index (Phi) is 4.64. The van der Waals surface area contributed by atoms with Gasteiger partial charge in [0, 0.05) is 0 Å². The fourth-order valence-corrected chi connectivity index (χ4v) is 2.23. The van der Waals surface area contributed by atoms with Crippen LogP contribution < -0.4 is 5.73 Å². The monoisotopic (exact) mass is 246 g/mol. The van der Waals surface area contributed by atoms with E-state index in [1.807, 2.05) is 20.1 Å². The molecule has 16 heavy (non-hydrogen) atoms. The largest absolute Gasteiger partial charge is 0.386 e. The molecule has 1 atom stereocenters. The van der Waals surface area contributed by atoms with Gasteiger partial charge in [-0.1, -0.05) is 13.8 Å². The van der Waals surface area contributed by atoms with E-state index in [0.717, 1.165) is 5.75 Å². The molecule has 1 aliphatic rings. The van der Waals surface area contributed by atoms with Gasteiger partial charge in [-0.25, -0.2) is 0 Å². The third-order valence-corrected chi connectivity index (χ3v) is 3.91. The maximum atomic E-state index is 11.8. The summed E-state index contributed by atoms with van der Waals surface area (Å²) in [6.45, 7) is 4.79. The molecule has 0 saturated carbocycles. The number of nitrogens with two attached hydrogens (primary N) is 1. The summed E-state index contributed by atoms with van der Waals surface area (Å²) < 4.78 is 0. The fraction of sp³-hybridized carbons (Fsp3) is 0.909. The highest BCUT2D eigenvalue weighted by Crippen LogP contribution is 2.28. The van der Waals surface area contributed by atoms with Gasteiger partial charge in [0.25, 0.3) is 0 Å². The normalized spacial score (nSPS) is 20.8. The van der Waals surface area contributed by atoms with Crippen molar-refractivity contribution in [3.63, 3.8) is 0 Å². The number of hydrogen-bond donors (Lipinski definition) is 2. The van der Waals surface area contributed by atoms with E-state index in [4.69, 9.17) is 5.73 Å². The quantitative estimate of drug-likeness (QED) is 0.732. The Morgan fingerprint density at radius 3 is 2.56 bits per heavy atom. The number of carbonyl (C=O) groups is 1. The molecule has 0 unspecified atom stereocenters. The number of nitrogens with zero attached hydrogens (tertiary/aromatic N) is 1. The molecule has 4 nitrogen and oxygen atoms in total. The maximum absolute atomic E-state index is 11.8. The average Bonchev–Trinajstić information content (AvgIpc) is 2.19. The van der Waals surface area contributed by atoms with Crippen LogP contribution in [-0.2, 0) is 4.79 Å². The van der Waals surface area contributed by atoms with Gasteiger partial charge in [-0.05, 0) is 24.3 Å². The summed E-state index contributed by atoms with van der Waals surface area (Å²) in [4.78, 5) is 13.5. The Morgan fingerprint density at radius 2 is 2.12 bits per heavy atom. The molecular weight excluding hydrogens is 224 g/mol. The summed E-state index contributed by atoms with van der Waals surface area (Å²) >= 11 is 1.69. The van der Waals surface area contributed by atoms with Crippen LogP contribution >= 0.6 is 11.8 Å². The first kappa shape index (κ1) is 13.8. The first-order chi connectivity index (χ1) is 7.40. The fourth-order valence-electron chi connectivity index (χ4n) is 1.74. The van der Waals surface area contributed by atoms with Gasteiger partial charge in [-0.2, -0.15) is 11.8 Å². The molecule has 5 heteroatoms. The van der Waals surface area contributed by atoms with Crippen molar-refractivity contribution in [2.45, 2.75) is 31.9 Å². The molecule has 0 aromatic carbocycles. The lowest BCUT2D eigenvalue weighted by atomic mass is 9.82. The first-order valence-electron chi connectivity index (χ1n) is 5.66. The zero-order chi connectivity index (χ0) is 12.3. The second-order valence-corrected chi connectivity index (χ2v) is 5.83. The predicted molar refractivity (Wildman–Crippen MR) is 67.3 cm³/mol. The molecule has 0 radical (unpaired) electrons. The molecule has 1 fully saturated rings. The maximum Gasteiger partial charge on any atom is 0.239 e. The van der Waals surface area contributed by atoms with Crippen molar-refractivity contribution in [3.8, 4) is 0 Å². The highest BCUT2D eigenvalue weighted by Gasteiger charge is 2.46. The van der Waals surface area contributed by atoms with E-state index in [-0.39, 0.29) is 11.8 Å². The van der Waals surface area contributed by atoms with Crippen molar-refractivity contribution >= 4 is 17.7 Å². The van der Waals surface area contributed by atoms with E-state index in [1.165, 1.54) is 0 Å². The number of hydrogen-bond acceptors (Lipinski definition) is 4. The van der Waals surface area contributed by atoms with E-state index in [2.05, 4.69) is 0 Å². The Hall–Kier alpha value is -0.260. The third kappa shape index (κ3) is 2.90. The summed E-state index contributed by atoms with van der Waals surface area (Å²) in [6.07, 6.45) is 2.70. The molecule has 1 rings (SSSR count). The summed E-state index contributed by atoms with van der Waals surface area (Å²) in [5.74, 6) is 1.05. The van der Waals surface area contributed by atoms with Crippen molar-refractivity contribution in [1.29, 1.82) is 0 Å². The number of thioether (sulfide) groups is 1. The van der Waals surface area contributed by atoms with Crippen LogP contribution in [0.4, 0.5) is 0 Å². The minimum Gasteiger partial charge on any atom is -0.386 e. The second kappa shape index (κ2) is 5.38. The molecule has 1 saturated heterocycles. The van der Waals surface area contributed by atoms with Crippen molar-refractivity contribution in [2.75, 3.05) is 25.1 Å². The van der Waals surface area contributed by atoms with Gasteiger partial charge in [0.15, 0.2) is 0 Å². The number of rotatable bonds is 5. The van der Waals surface area contributed by atoms with Crippen molar-refractivity contribution < 1.29 is 9.90 Å². The lowest BCUT2D eigenvalue weighted by Crippen LogP contribution is -2.68. The molecule has 0 aromatic rings. The zero-order valence-corrected chi connectivity index (χ0v) is 11.1. The van der Waals surface area contributed by atoms with Gasteiger partial charge in [0.1, 0.15) is 5.60 Å². The van der Waals surface area contributed by atoms with E-state index in [9.17, 15) is 9.90 Å². The molecule has 1 heterocycles. The number of likely N-dealkylation sites (tertiary alicyclic amines) is 1. The molecule has 0 spiro atoms. The predicted octanol–water partition coefficient (Wildman–Crippen LogP) is 0.296. The molecule has 94 valence electrons. The molecule has 0 aromatic heterocycles. The Bertz CT molecular complexity index is 252. The lowest BCUT2D eigenvalue weighted by Gasteiger charge is -2.49. The minimum absolute atomic E-state index is 0.0284. The van der Waals surface area contributed by atoms with E-state index in [0.29, 0.717) is 19.5 Å². The standard InChI is InChI=1S/C11H22N2O2S/c1-8(2)11(15)6-13(7-11)10(14)9(12)4-5-16-3/h8-9,15H,4-7,12H2,1-3H3/t9-/m1/s1. The lowest BCUT2D eigenvalue weighted by molar-refractivity contribution is -0.165. The third-order valence-electron chi connectivity index (χ3n) is 3.27. The zero-order valence-electron chi connectivity index (χ0n) is 10.3. The van der Waals surface area contributed by atoms with Gasteiger partial charge in [-0.15, -0.1) is 0 Å². The van der Waals surface area contributed by atoms with Crippen LogP contribution in [-0.4, -0.2) is 52.7 Å². The molecular formula is C11H22N2O2S. The van der Waals surface area contributed by atoms with Gasteiger partial charge < -0.3 is 15.7 Å². The van der Waals surface area contributed by atoms with Crippen molar-refractivity contribution in [2.24, 2.45) is 11.7 Å². The summed E-state index contributed by atoms with van der Waals surface area (Å²) in [7, 11) is 0. The highest BCUT2D eigenvalue weighted by molar-refractivity contribution is 7.98. The number of β-amino-alcohol motifs (C(OH)–C–C–N with tert-alkyl or cyclic N) is 1. The van der Waals surface area contributed by atoms with E-state index in [1.54, 1.807) is 16.7 Å². The van der Waals surface area contributed by atoms with Crippen LogP contribution in [0, 0.1) is 5.92 Å². The van der Waals surface area contributed by atoms with E-state index < -0.39 is 11.6 Å². The van der Waals surface area contributed by atoms with Crippen LogP contribution in [0.3, 0.4) is 0 Å². The van der Waals surface area contributed by atoms with E-state index >= 15 is 0 Å². The Morgan fingerprint density at radius 1 is 1.56 bits per heavy atom. The summed E-state index contributed by atoms with van der Waals surface area (Å²) in [6, 6.07) is -0.413. The van der Waals surface area contributed by atoms with Crippen LogP contribution in [0.25, 0.3) is 0 Å². The van der Waals surface area contributed by atoms with Crippen LogP contribution in [0.1, 0.15) is 20.3 Å². The second-order valence-electron chi connectivity index (χ2n) is 4.84. The van der Waals surface area contributed by atoms with Crippen LogP contribution in [0.15, 0.2) is 0 Å². The molecule has 1 amide bonds. The number of aliphatic hydroxyl groups is 1. The van der Waals surface area contributed by atoms with Gasteiger partial charge in [0.05, 0.1) is 19.1 Å². The highest BCUT2D eigenvalue weighted by atomic mass is 32.2. The van der Waals surface area contributed by atoms with Crippen molar-refractivity contribution in [3.05, 3.63) is 0 Å². The topological polar surface area (TPSA) is 66.6 Å². The molecule has 0 bridgehead atoms. The molecule has 1 aliphatic heterocycles. The van der Waals surface area contributed by atoms with Crippen molar-refractivity contribution in [1.82, 2.24) is 4.90 Å². The molecule has 3 N–H and O–H groups in total. The summed E-state index contributed by atoms with van der Waals surface area (Å²) in [5.41, 5.74) is 5.09. The Labute approximate surface area is 102 Å². The average molecular weight is 246 g/mol. The van der Waals surface area contributed by atoms with Gasteiger partial charge in [0.2, 0.25) is 5.91 Å². The summed E-state index contributed by atoms with van der Waals surface area (Å²) in [5, 5.41) is 10.0. The van der Waals surface area contributed by atoms with Gasteiger partial charge >= 0.3 is 0 Å².